The fraction of sp³-hybridized carbons (Fsp3) is 0.133. The number of amides is 1. The Bertz CT molecular complexity index is 823. The van der Waals surface area contributed by atoms with Crippen LogP contribution < -0.4 is 10.5 Å². The van der Waals surface area contributed by atoms with E-state index in [0.717, 1.165) is 0 Å². The molecule has 0 bridgehead atoms. The minimum Gasteiger partial charge on any atom is -0.352 e. The van der Waals surface area contributed by atoms with Crippen molar-refractivity contribution < 1.29 is 17.6 Å². The molecular formula is C15H14BrFN2O3S. The number of nitrogens with two attached hydrogens (primary N) is 1. The zero-order valence-electron chi connectivity index (χ0n) is 11.9. The van der Waals surface area contributed by atoms with Crippen molar-refractivity contribution in [3.63, 3.8) is 0 Å². The van der Waals surface area contributed by atoms with Crippen LogP contribution in [-0.4, -0.2) is 14.3 Å². The first-order valence-electron chi connectivity index (χ1n) is 6.58. The molecule has 0 saturated heterocycles. The molecule has 0 aliphatic heterocycles. The number of benzene rings is 2. The zero-order chi connectivity index (χ0) is 17.0. The van der Waals surface area contributed by atoms with Gasteiger partial charge in [-0.1, -0.05) is 28.1 Å². The molecule has 2 rings (SSSR count). The Hall–Kier alpha value is -1.77. The maximum Gasteiger partial charge on any atom is 0.238 e. The third-order valence-electron chi connectivity index (χ3n) is 3.10. The maximum absolute atomic E-state index is 13.6. The number of nitrogens with one attached hydrogen (secondary N) is 1. The topological polar surface area (TPSA) is 89.3 Å². The summed E-state index contributed by atoms with van der Waals surface area (Å²) in [6.45, 7) is 0.208. The summed E-state index contributed by atoms with van der Waals surface area (Å²) in [5.41, 5.74) is 1.00. The summed E-state index contributed by atoms with van der Waals surface area (Å²) in [5.74, 6) is -0.779. The van der Waals surface area contributed by atoms with Gasteiger partial charge >= 0.3 is 0 Å². The number of carbonyl (C=O) groups excluding carboxylic acids is 1. The zero-order valence-corrected chi connectivity index (χ0v) is 14.3. The lowest BCUT2D eigenvalue weighted by Gasteiger charge is -2.07. The second kappa shape index (κ2) is 7.20. The Labute approximate surface area is 141 Å². The first-order valence-corrected chi connectivity index (χ1v) is 8.92. The molecule has 0 fully saturated rings. The number of carbonyl (C=O) groups is 1. The Balaban J connectivity index is 1.95. The van der Waals surface area contributed by atoms with Gasteiger partial charge in [0, 0.05) is 11.0 Å². The van der Waals surface area contributed by atoms with Gasteiger partial charge in [-0.25, -0.2) is 17.9 Å². The largest absolute Gasteiger partial charge is 0.352 e. The Morgan fingerprint density at radius 3 is 2.43 bits per heavy atom. The van der Waals surface area contributed by atoms with Crippen LogP contribution in [0.25, 0.3) is 0 Å². The first kappa shape index (κ1) is 17.6. The summed E-state index contributed by atoms with van der Waals surface area (Å²) in [5, 5.41) is 7.66. The summed E-state index contributed by atoms with van der Waals surface area (Å²) in [4.78, 5) is 11.9. The summed E-state index contributed by atoms with van der Waals surface area (Å²) < 4.78 is 36.6. The van der Waals surface area contributed by atoms with Gasteiger partial charge < -0.3 is 5.32 Å². The third kappa shape index (κ3) is 5.12. The van der Waals surface area contributed by atoms with Gasteiger partial charge in [-0.15, -0.1) is 0 Å². The quantitative estimate of drug-likeness (QED) is 0.804. The molecule has 0 radical (unpaired) electrons. The second-order valence-corrected chi connectivity index (χ2v) is 7.36. The molecule has 8 heteroatoms. The standard InChI is InChI=1S/C15H14BrFN2O3S/c16-12-3-6-14(17)11(7-12)8-15(20)19-9-10-1-4-13(5-2-10)23(18,21)22/h1-7H,8-9H2,(H,19,20)(H2,18,21,22). The van der Waals surface area contributed by atoms with Crippen molar-refractivity contribution in [3.8, 4) is 0 Å². The van der Waals surface area contributed by atoms with Gasteiger partial charge in [-0.05, 0) is 41.5 Å². The van der Waals surface area contributed by atoms with Crippen LogP contribution in [0.1, 0.15) is 11.1 Å². The van der Waals surface area contributed by atoms with Gasteiger partial charge in [-0.2, -0.15) is 0 Å². The minimum absolute atomic E-state index is 0.00350. The van der Waals surface area contributed by atoms with E-state index in [2.05, 4.69) is 21.2 Å². The molecule has 0 aliphatic carbocycles. The van der Waals surface area contributed by atoms with Crippen LogP contribution >= 0.6 is 15.9 Å². The fourth-order valence-electron chi connectivity index (χ4n) is 1.91. The SMILES string of the molecule is NS(=O)(=O)c1ccc(CNC(=O)Cc2cc(Br)ccc2F)cc1. The Kier molecular flexibility index (Phi) is 5.51. The monoisotopic (exact) mass is 400 g/mol. The van der Waals surface area contributed by atoms with Crippen molar-refractivity contribution in [1.29, 1.82) is 0 Å². The smallest absolute Gasteiger partial charge is 0.238 e. The summed E-state index contributed by atoms with van der Waals surface area (Å²) >= 11 is 3.23. The van der Waals surface area contributed by atoms with Crippen LogP contribution in [0.2, 0.25) is 0 Å². The molecule has 1 amide bonds. The summed E-state index contributed by atoms with van der Waals surface area (Å²) in [6, 6.07) is 10.2. The highest BCUT2D eigenvalue weighted by molar-refractivity contribution is 9.10. The number of hydrogen-bond acceptors (Lipinski definition) is 3. The van der Waals surface area contributed by atoms with E-state index < -0.39 is 15.8 Å². The molecule has 0 spiro atoms. The second-order valence-electron chi connectivity index (χ2n) is 4.88. The van der Waals surface area contributed by atoms with Crippen molar-refractivity contribution in [2.75, 3.05) is 0 Å². The molecule has 2 aromatic carbocycles. The average Bonchev–Trinajstić information content (AvgIpc) is 2.48. The molecule has 23 heavy (non-hydrogen) atoms. The highest BCUT2D eigenvalue weighted by Gasteiger charge is 2.10. The third-order valence-corrected chi connectivity index (χ3v) is 4.52. The van der Waals surface area contributed by atoms with Gasteiger partial charge in [0.05, 0.1) is 11.3 Å². The molecule has 122 valence electrons. The molecule has 0 saturated carbocycles. The van der Waals surface area contributed by atoms with Crippen molar-refractivity contribution >= 4 is 31.9 Å². The van der Waals surface area contributed by atoms with E-state index in [-0.39, 0.29) is 23.8 Å². The van der Waals surface area contributed by atoms with Crippen molar-refractivity contribution in [2.45, 2.75) is 17.9 Å². The van der Waals surface area contributed by atoms with Crippen LogP contribution in [0.5, 0.6) is 0 Å². The van der Waals surface area contributed by atoms with E-state index in [9.17, 15) is 17.6 Å². The lowest BCUT2D eigenvalue weighted by molar-refractivity contribution is -0.120. The average molecular weight is 401 g/mol. The maximum atomic E-state index is 13.6. The molecule has 3 N–H and O–H groups in total. The van der Waals surface area contributed by atoms with Gasteiger partial charge in [0.2, 0.25) is 15.9 Å². The summed E-state index contributed by atoms with van der Waals surface area (Å²) in [6.07, 6.45) is -0.0828. The van der Waals surface area contributed by atoms with E-state index in [1.807, 2.05) is 0 Å². The molecule has 2 aromatic rings. The Morgan fingerprint density at radius 1 is 1.17 bits per heavy atom. The van der Waals surface area contributed by atoms with Crippen LogP contribution in [-0.2, 0) is 27.8 Å². The first-order chi connectivity index (χ1) is 10.8. The van der Waals surface area contributed by atoms with Gasteiger partial charge in [0.1, 0.15) is 5.82 Å². The number of rotatable bonds is 5. The number of sulfonamides is 1. The molecular weight excluding hydrogens is 387 g/mol. The van der Waals surface area contributed by atoms with Gasteiger partial charge in [-0.3, -0.25) is 4.79 Å². The van der Waals surface area contributed by atoms with Crippen LogP contribution in [0.3, 0.4) is 0 Å². The highest BCUT2D eigenvalue weighted by Crippen LogP contribution is 2.16. The highest BCUT2D eigenvalue weighted by atomic mass is 79.9. The Morgan fingerprint density at radius 2 is 1.83 bits per heavy atom. The predicted octanol–water partition coefficient (Wildman–Crippen LogP) is 2.09. The molecule has 0 atom stereocenters. The van der Waals surface area contributed by atoms with Crippen LogP contribution in [0.4, 0.5) is 4.39 Å². The van der Waals surface area contributed by atoms with Crippen LogP contribution in [0, 0.1) is 5.82 Å². The van der Waals surface area contributed by atoms with Gasteiger partial charge in [0.15, 0.2) is 0 Å². The fourth-order valence-corrected chi connectivity index (χ4v) is 2.84. The molecule has 0 aliphatic rings. The van der Waals surface area contributed by atoms with E-state index in [1.54, 1.807) is 24.3 Å². The number of halogens is 2. The van der Waals surface area contributed by atoms with Crippen LogP contribution in [0.15, 0.2) is 51.8 Å². The molecule has 0 heterocycles. The normalized spacial score (nSPS) is 11.3. The van der Waals surface area contributed by atoms with Crippen molar-refractivity contribution in [1.82, 2.24) is 5.32 Å². The number of hydrogen-bond donors (Lipinski definition) is 2. The number of primary sulfonamides is 1. The lowest BCUT2D eigenvalue weighted by atomic mass is 10.1. The van der Waals surface area contributed by atoms with E-state index >= 15 is 0 Å². The van der Waals surface area contributed by atoms with E-state index in [4.69, 9.17) is 5.14 Å². The van der Waals surface area contributed by atoms with Gasteiger partial charge in [0.25, 0.3) is 0 Å². The van der Waals surface area contributed by atoms with Crippen molar-refractivity contribution in [3.05, 3.63) is 63.9 Å². The lowest BCUT2D eigenvalue weighted by Crippen LogP contribution is -2.25. The minimum atomic E-state index is -3.73. The van der Waals surface area contributed by atoms with Crippen molar-refractivity contribution in [2.24, 2.45) is 5.14 Å². The summed E-state index contributed by atoms with van der Waals surface area (Å²) in [7, 11) is -3.73. The molecule has 0 aromatic heterocycles. The van der Waals surface area contributed by atoms with E-state index in [0.29, 0.717) is 15.6 Å². The van der Waals surface area contributed by atoms with E-state index in [1.165, 1.54) is 18.2 Å². The molecule has 5 nitrogen and oxygen atoms in total. The predicted molar refractivity (Wildman–Crippen MR) is 87.5 cm³/mol. The molecule has 0 unspecified atom stereocenters.